The van der Waals surface area contributed by atoms with E-state index in [0.29, 0.717) is 17.9 Å². The first-order valence-corrected chi connectivity index (χ1v) is 7.69. The molecule has 5 nitrogen and oxygen atoms in total. The average molecular weight is 291 g/mol. The van der Waals surface area contributed by atoms with Crippen molar-refractivity contribution in [3.63, 3.8) is 0 Å². The number of hydrogen-bond donors (Lipinski definition) is 2. The lowest BCUT2D eigenvalue weighted by Crippen LogP contribution is -2.37. The van der Waals surface area contributed by atoms with E-state index < -0.39 is 0 Å². The number of amides is 1. The van der Waals surface area contributed by atoms with Crippen LogP contribution in [-0.2, 0) is 0 Å². The molecule has 0 spiro atoms. The first kappa shape index (κ1) is 15.8. The summed E-state index contributed by atoms with van der Waals surface area (Å²) in [5.41, 5.74) is 2.64. The van der Waals surface area contributed by atoms with E-state index in [2.05, 4.69) is 17.2 Å². The van der Waals surface area contributed by atoms with Crippen LogP contribution in [-0.4, -0.2) is 37.0 Å². The average Bonchev–Trinajstić information content (AvgIpc) is 2.54. The van der Waals surface area contributed by atoms with Crippen LogP contribution in [0.3, 0.4) is 0 Å². The van der Waals surface area contributed by atoms with Gasteiger partial charge in [0.15, 0.2) is 0 Å². The molecule has 1 fully saturated rings. The number of carbonyl (C=O) groups excluding carboxylic acids is 1. The van der Waals surface area contributed by atoms with Gasteiger partial charge in [0.1, 0.15) is 12.4 Å². The lowest BCUT2D eigenvalue weighted by molar-refractivity contribution is 0.0953. The Balaban J connectivity index is 1.79. The molecule has 5 heteroatoms. The molecule has 3 N–H and O–H groups in total. The fourth-order valence-electron chi connectivity index (χ4n) is 2.79. The zero-order valence-corrected chi connectivity index (χ0v) is 12.7. The van der Waals surface area contributed by atoms with E-state index in [1.165, 1.54) is 25.8 Å². The quantitative estimate of drug-likeness (QED) is 0.476. The third-order valence-corrected chi connectivity index (χ3v) is 4.08. The minimum absolute atomic E-state index is 0.303. The highest BCUT2D eigenvalue weighted by molar-refractivity contribution is 5.94. The van der Waals surface area contributed by atoms with E-state index in [1.807, 2.05) is 6.07 Å². The lowest BCUT2D eigenvalue weighted by Gasteiger charge is -2.32. The predicted molar refractivity (Wildman–Crippen MR) is 83.0 cm³/mol. The van der Waals surface area contributed by atoms with Gasteiger partial charge in [-0.15, -0.1) is 0 Å². The van der Waals surface area contributed by atoms with Crippen LogP contribution in [0.15, 0.2) is 24.3 Å². The summed E-state index contributed by atoms with van der Waals surface area (Å²) < 4.78 is 5.75. The Labute approximate surface area is 126 Å². The minimum atomic E-state index is -0.303. The van der Waals surface area contributed by atoms with Crippen molar-refractivity contribution < 1.29 is 9.53 Å². The number of hydrogen-bond acceptors (Lipinski definition) is 4. The second-order valence-corrected chi connectivity index (χ2v) is 5.57. The summed E-state index contributed by atoms with van der Waals surface area (Å²) in [6.07, 6.45) is 3.89. The molecule has 0 radical (unpaired) electrons. The van der Waals surface area contributed by atoms with E-state index >= 15 is 0 Å². The molecule has 0 bridgehead atoms. The molecule has 1 unspecified atom stereocenters. The third-order valence-electron chi connectivity index (χ3n) is 4.08. The first-order valence-electron chi connectivity index (χ1n) is 7.69. The SMILES string of the molecule is CCC1CCCN(CCOc2cccc(C(=O)NN)c2)C1. The fraction of sp³-hybridized carbons (Fsp3) is 0.562. The molecule has 21 heavy (non-hydrogen) atoms. The number of carbonyl (C=O) groups is 1. The zero-order chi connectivity index (χ0) is 15.1. The van der Waals surface area contributed by atoms with Crippen LogP contribution in [0.2, 0.25) is 0 Å². The maximum atomic E-state index is 11.5. The molecular weight excluding hydrogens is 266 g/mol. The molecular formula is C16H25N3O2. The molecule has 0 aliphatic carbocycles. The number of piperidine rings is 1. The Morgan fingerprint density at radius 1 is 1.52 bits per heavy atom. The number of rotatable bonds is 6. The molecule has 1 saturated heterocycles. The van der Waals surface area contributed by atoms with Crippen LogP contribution in [0.4, 0.5) is 0 Å². The number of likely N-dealkylation sites (tertiary alicyclic amines) is 1. The largest absolute Gasteiger partial charge is 0.492 e. The lowest BCUT2D eigenvalue weighted by atomic mass is 9.96. The summed E-state index contributed by atoms with van der Waals surface area (Å²) >= 11 is 0. The van der Waals surface area contributed by atoms with Crippen molar-refractivity contribution in [2.45, 2.75) is 26.2 Å². The Morgan fingerprint density at radius 2 is 2.38 bits per heavy atom. The van der Waals surface area contributed by atoms with Gasteiger partial charge in [-0.25, -0.2) is 5.84 Å². The number of nitrogens with zero attached hydrogens (tertiary/aromatic N) is 1. The summed E-state index contributed by atoms with van der Waals surface area (Å²) in [5, 5.41) is 0. The smallest absolute Gasteiger partial charge is 0.265 e. The monoisotopic (exact) mass is 291 g/mol. The molecule has 1 atom stereocenters. The van der Waals surface area contributed by atoms with E-state index in [-0.39, 0.29) is 5.91 Å². The van der Waals surface area contributed by atoms with Crippen LogP contribution >= 0.6 is 0 Å². The summed E-state index contributed by atoms with van der Waals surface area (Å²) in [7, 11) is 0. The maximum Gasteiger partial charge on any atom is 0.265 e. The molecule has 1 amide bonds. The number of hydrazine groups is 1. The summed E-state index contributed by atoms with van der Waals surface area (Å²) in [4.78, 5) is 13.9. The second-order valence-electron chi connectivity index (χ2n) is 5.57. The van der Waals surface area contributed by atoms with Crippen molar-refractivity contribution in [2.24, 2.45) is 11.8 Å². The van der Waals surface area contributed by atoms with E-state index in [9.17, 15) is 4.79 Å². The van der Waals surface area contributed by atoms with Gasteiger partial charge in [-0.05, 0) is 43.5 Å². The van der Waals surface area contributed by atoms with Crippen molar-refractivity contribution in [1.29, 1.82) is 0 Å². The Morgan fingerprint density at radius 3 is 3.14 bits per heavy atom. The molecule has 1 aromatic rings. The molecule has 1 heterocycles. The predicted octanol–water partition coefficient (Wildman–Crippen LogP) is 1.79. The number of nitrogens with one attached hydrogen (secondary N) is 1. The number of benzene rings is 1. The zero-order valence-electron chi connectivity index (χ0n) is 12.7. The van der Waals surface area contributed by atoms with Gasteiger partial charge >= 0.3 is 0 Å². The molecule has 0 aromatic heterocycles. The van der Waals surface area contributed by atoms with Crippen molar-refractivity contribution >= 4 is 5.91 Å². The second kappa shape index (κ2) is 8.00. The van der Waals surface area contributed by atoms with Crippen LogP contribution in [0.1, 0.15) is 36.5 Å². The topological polar surface area (TPSA) is 67.6 Å². The third kappa shape index (κ3) is 4.72. The van der Waals surface area contributed by atoms with Crippen LogP contribution < -0.4 is 16.0 Å². The summed E-state index contributed by atoms with van der Waals surface area (Å²) in [6, 6.07) is 7.09. The fourth-order valence-corrected chi connectivity index (χ4v) is 2.79. The van der Waals surface area contributed by atoms with Crippen LogP contribution in [0.25, 0.3) is 0 Å². The van der Waals surface area contributed by atoms with Gasteiger partial charge in [0.25, 0.3) is 5.91 Å². The highest BCUT2D eigenvalue weighted by Crippen LogP contribution is 2.19. The van der Waals surface area contributed by atoms with Gasteiger partial charge in [-0.2, -0.15) is 0 Å². The van der Waals surface area contributed by atoms with Crippen LogP contribution in [0.5, 0.6) is 5.75 Å². The molecule has 0 saturated carbocycles. The maximum absolute atomic E-state index is 11.5. The minimum Gasteiger partial charge on any atom is -0.492 e. The van der Waals surface area contributed by atoms with Gasteiger partial charge < -0.3 is 4.74 Å². The molecule has 1 aliphatic rings. The van der Waals surface area contributed by atoms with Gasteiger partial charge in [0.2, 0.25) is 0 Å². The van der Waals surface area contributed by atoms with Crippen LogP contribution in [0, 0.1) is 5.92 Å². The Kier molecular flexibility index (Phi) is 6.02. The Hall–Kier alpha value is -1.59. The number of ether oxygens (including phenoxy) is 1. The van der Waals surface area contributed by atoms with Crippen molar-refractivity contribution in [2.75, 3.05) is 26.2 Å². The molecule has 116 valence electrons. The number of nitrogens with two attached hydrogens (primary N) is 1. The number of nitrogen functional groups attached to an aromatic ring is 1. The van der Waals surface area contributed by atoms with E-state index in [1.54, 1.807) is 18.2 Å². The highest BCUT2D eigenvalue weighted by Gasteiger charge is 2.17. The van der Waals surface area contributed by atoms with Gasteiger partial charge in [-0.3, -0.25) is 15.1 Å². The van der Waals surface area contributed by atoms with Crippen molar-refractivity contribution in [3.8, 4) is 5.75 Å². The molecule has 2 rings (SSSR count). The van der Waals surface area contributed by atoms with Crippen molar-refractivity contribution in [3.05, 3.63) is 29.8 Å². The van der Waals surface area contributed by atoms with Gasteiger partial charge in [-0.1, -0.05) is 19.4 Å². The van der Waals surface area contributed by atoms with E-state index in [0.717, 1.165) is 19.0 Å². The highest BCUT2D eigenvalue weighted by atomic mass is 16.5. The Bertz CT molecular complexity index is 465. The summed E-state index contributed by atoms with van der Waals surface area (Å²) in [6.45, 7) is 6.18. The van der Waals surface area contributed by atoms with Gasteiger partial charge in [0, 0.05) is 18.7 Å². The van der Waals surface area contributed by atoms with Crippen molar-refractivity contribution in [1.82, 2.24) is 10.3 Å². The first-order chi connectivity index (χ1) is 10.2. The standard InChI is InChI=1S/C16H25N3O2/c1-2-13-5-4-8-19(12-13)9-10-21-15-7-3-6-14(11-15)16(20)18-17/h3,6-7,11,13H,2,4-5,8-10,12,17H2,1H3,(H,18,20). The normalized spacial score (nSPS) is 19.2. The summed E-state index contributed by atoms with van der Waals surface area (Å²) in [5.74, 6) is 6.36. The molecule has 1 aliphatic heterocycles. The van der Waals surface area contributed by atoms with Gasteiger partial charge in [0.05, 0.1) is 0 Å². The molecule has 1 aromatic carbocycles. The van der Waals surface area contributed by atoms with E-state index in [4.69, 9.17) is 10.6 Å².